The van der Waals surface area contributed by atoms with Crippen LogP contribution in [0.15, 0.2) is 41.6 Å². The molecule has 0 saturated heterocycles. The van der Waals surface area contributed by atoms with Gasteiger partial charge in [0.05, 0.1) is 6.20 Å². The van der Waals surface area contributed by atoms with Crippen LogP contribution in [0.4, 0.5) is 0 Å². The van der Waals surface area contributed by atoms with E-state index in [0.29, 0.717) is 22.6 Å². The molecule has 7 nitrogen and oxygen atoms in total. The Bertz CT molecular complexity index is 963. The van der Waals surface area contributed by atoms with Crippen molar-refractivity contribution in [2.24, 2.45) is 7.05 Å². The van der Waals surface area contributed by atoms with Crippen molar-refractivity contribution in [2.75, 3.05) is 7.05 Å². The van der Waals surface area contributed by atoms with Gasteiger partial charge in [-0.05, 0) is 17.7 Å². The van der Waals surface area contributed by atoms with Crippen LogP contribution in [0.25, 0.3) is 11.0 Å². The van der Waals surface area contributed by atoms with E-state index in [0.717, 1.165) is 5.56 Å². The molecule has 0 bridgehead atoms. The van der Waals surface area contributed by atoms with E-state index < -0.39 is 0 Å². The second-order valence-corrected chi connectivity index (χ2v) is 6.00. The highest BCUT2D eigenvalue weighted by atomic mass is 35.5. The van der Waals surface area contributed by atoms with Gasteiger partial charge < -0.3 is 4.90 Å². The summed E-state index contributed by atoms with van der Waals surface area (Å²) in [5.74, 6) is -0.192. The molecule has 0 N–H and O–H groups in total. The average Bonchev–Trinajstić information content (AvgIpc) is 2.92. The first kappa shape index (κ1) is 16.2. The van der Waals surface area contributed by atoms with Gasteiger partial charge in [0.25, 0.3) is 5.56 Å². The van der Waals surface area contributed by atoms with E-state index in [1.807, 2.05) is 12.1 Å². The molecule has 0 aliphatic carbocycles. The van der Waals surface area contributed by atoms with Crippen molar-refractivity contribution < 1.29 is 4.79 Å². The molecular weight excluding hydrogens is 330 g/mol. The van der Waals surface area contributed by atoms with E-state index in [1.54, 1.807) is 31.1 Å². The minimum atomic E-state index is -0.280. The lowest BCUT2D eigenvalue weighted by Gasteiger charge is -2.18. The lowest BCUT2D eigenvalue weighted by molar-refractivity contribution is -0.131. The van der Waals surface area contributed by atoms with Gasteiger partial charge in [0.2, 0.25) is 5.91 Å². The smallest absolute Gasteiger partial charge is 0.264 e. The van der Waals surface area contributed by atoms with Gasteiger partial charge in [0.15, 0.2) is 5.65 Å². The summed E-state index contributed by atoms with van der Waals surface area (Å²) >= 11 is 5.95. The molecule has 24 heavy (non-hydrogen) atoms. The minimum Gasteiger partial charge on any atom is -0.340 e. The van der Waals surface area contributed by atoms with Gasteiger partial charge in [0, 0.05) is 25.7 Å². The normalized spacial score (nSPS) is 11.0. The first-order chi connectivity index (χ1) is 11.5. The van der Waals surface area contributed by atoms with Gasteiger partial charge in [-0.3, -0.25) is 18.8 Å². The number of likely N-dealkylation sites (N-methyl/N-ethyl adjacent to an activating group) is 1. The van der Waals surface area contributed by atoms with E-state index in [2.05, 4.69) is 10.1 Å². The SMILES string of the molecule is CN(Cc1cccc(Cl)c1)C(=O)Cn1cnc2c(cnn2C)c1=O. The lowest BCUT2D eigenvalue weighted by Crippen LogP contribution is -2.33. The van der Waals surface area contributed by atoms with E-state index in [-0.39, 0.29) is 18.0 Å². The van der Waals surface area contributed by atoms with Gasteiger partial charge in [0.1, 0.15) is 18.3 Å². The number of aryl methyl sites for hydroxylation is 1. The van der Waals surface area contributed by atoms with Crippen LogP contribution in [0.5, 0.6) is 0 Å². The number of halogens is 1. The summed E-state index contributed by atoms with van der Waals surface area (Å²) in [6.07, 6.45) is 2.83. The zero-order valence-electron chi connectivity index (χ0n) is 13.3. The second-order valence-electron chi connectivity index (χ2n) is 5.56. The fourth-order valence-electron chi connectivity index (χ4n) is 2.44. The van der Waals surface area contributed by atoms with Crippen LogP contribution >= 0.6 is 11.6 Å². The first-order valence-electron chi connectivity index (χ1n) is 7.31. The molecule has 8 heteroatoms. The van der Waals surface area contributed by atoms with Gasteiger partial charge in [-0.15, -0.1) is 0 Å². The summed E-state index contributed by atoms with van der Waals surface area (Å²) < 4.78 is 2.81. The third kappa shape index (κ3) is 3.16. The van der Waals surface area contributed by atoms with Crippen LogP contribution in [0.3, 0.4) is 0 Å². The summed E-state index contributed by atoms with van der Waals surface area (Å²) in [5, 5.41) is 5.02. The Labute approximate surface area is 143 Å². The summed E-state index contributed by atoms with van der Waals surface area (Å²) in [6, 6.07) is 7.31. The molecule has 0 saturated carbocycles. The number of carbonyl (C=O) groups excluding carboxylic acids is 1. The van der Waals surface area contributed by atoms with Crippen molar-refractivity contribution in [3.05, 3.63) is 57.7 Å². The lowest BCUT2D eigenvalue weighted by atomic mass is 10.2. The van der Waals surface area contributed by atoms with Gasteiger partial charge >= 0.3 is 0 Å². The zero-order valence-corrected chi connectivity index (χ0v) is 14.1. The van der Waals surface area contributed by atoms with Crippen molar-refractivity contribution in [1.82, 2.24) is 24.2 Å². The van der Waals surface area contributed by atoms with Crippen molar-refractivity contribution in [3.8, 4) is 0 Å². The largest absolute Gasteiger partial charge is 0.340 e. The quantitative estimate of drug-likeness (QED) is 0.717. The van der Waals surface area contributed by atoms with Crippen molar-refractivity contribution in [2.45, 2.75) is 13.1 Å². The maximum atomic E-state index is 12.4. The molecule has 0 spiro atoms. The molecule has 124 valence electrons. The number of aromatic nitrogens is 4. The zero-order chi connectivity index (χ0) is 17.3. The number of benzene rings is 1. The maximum absolute atomic E-state index is 12.4. The molecule has 0 unspecified atom stereocenters. The van der Waals surface area contributed by atoms with Gasteiger partial charge in [-0.1, -0.05) is 23.7 Å². The summed E-state index contributed by atoms with van der Waals surface area (Å²) in [6.45, 7) is 0.338. The Hall–Kier alpha value is -2.67. The van der Waals surface area contributed by atoms with E-state index in [1.165, 1.54) is 21.8 Å². The molecule has 3 rings (SSSR count). The molecule has 0 radical (unpaired) electrons. The maximum Gasteiger partial charge on any atom is 0.264 e. The van der Waals surface area contributed by atoms with Crippen molar-refractivity contribution in [1.29, 1.82) is 0 Å². The topological polar surface area (TPSA) is 73.0 Å². The molecule has 1 amide bonds. The predicted molar refractivity (Wildman–Crippen MR) is 90.7 cm³/mol. The van der Waals surface area contributed by atoms with Crippen molar-refractivity contribution in [3.63, 3.8) is 0 Å². The van der Waals surface area contributed by atoms with E-state index in [9.17, 15) is 9.59 Å². The Morgan fingerprint density at radius 2 is 2.17 bits per heavy atom. The third-order valence-corrected chi connectivity index (χ3v) is 3.99. The van der Waals surface area contributed by atoms with Crippen molar-refractivity contribution >= 4 is 28.5 Å². The molecule has 1 aromatic carbocycles. The van der Waals surface area contributed by atoms with Crippen LogP contribution in [-0.2, 0) is 24.9 Å². The van der Waals surface area contributed by atoms with Crippen LogP contribution in [0.2, 0.25) is 5.02 Å². The van der Waals surface area contributed by atoms with Crippen LogP contribution in [0.1, 0.15) is 5.56 Å². The Morgan fingerprint density at radius 1 is 1.38 bits per heavy atom. The molecule has 0 fully saturated rings. The summed E-state index contributed by atoms with van der Waals surface area (Å²) in [4.78, 5) is 30.5. The number of amides is 1. The fraction of sp³-hybridized carbons (Fsp3) is 0.250. The van der Waals surface area contributed by atoms with E-state index in [4.69, 9.17) is 11.6 Å². The summed E-state index contributed by atoms with van der Waals surface area (Å²) in [7, 11) is 3.40. The molecular formula is C16H16ClN5O2. The van der Waals surface area contributed by atoms with Crippen LogP contribution in [-0.4, -0.2) is 37.2 Å². The number of nitrogens with zero attached hydrogens (tertiary/aromatic N) is 5. The fourth-order valence-corrected chi connectivity index (χ4v) is 2.66. The number of carbonyl (C=O) groups is 1. The number of rotatable bonds is 4. The molecule has 0 aliphatic rings. The van der Waals surface area contributed by atoms with Crippen LogP contribution in [0, 0.1) is 0 Å². The van der Waals surface area contributed by atoms with Crippen LogP contribution < -0.4 is 5.56 Å². The highest BCUT2D eigenvalue weighted by molar-refractivity contribution is 6.30. The average molecular weight is 346 g/mol. The third-order valence-electron chi connectivity index (χ3n) is 3.76. The number of hydrogen-bond donors (Lipinski definition) is 0. The Kier molecular flexibility index (Phi) is 4.35. The second kappa shape index (κ2) is 6.45. The minimum absolute atomic E-state index is 0.0757. The molecule has 0 atom stereocenters. The Morgan fingerprint density at radius 3 is 2.92 bits per heavy atom. The standard InChI is InChI=1S/C16H16ClN5O2/c1-20(8-11-4-3-5-12(17)6-11)14(23)9-22-10-18-15-13(16(22)24)7-19-21(15)2/h3-7,10H,8-9H2,1-2H3. The predicted octanol–water partition coefficient (Wildman–Crippen LogP) is 1.44. The first-order valence-corrected chi connectivity index (χ1v) is 7.69. The molecule has 3 aromatic rings. The molecule has 2 aromatic heterocycles. The van der Waals surface area contributed by atoms with E-state index >= 15 is 0 Å². The Balaban J connectivity index is 1.77. The summed E-state index contributed by atoms with van der Waals surface area (Å²) in [5.41, 5.74) is 1.14. The number of fused-ring (bicyclic) bond motifs is 1. The molecule has 0 aliphatic heterocycles. The highest BCUT2D eigenvalue weighted by Crippen LogP contribution is 2.12. The van der Waals surface area contributed by atoms with Gasteiger partial charge in [-0.25, -0.2) is 4.98 Å². The highest BCUT2D eigenvalue weighted by Gasteiger charge is 2.14. The van der Waals surface area contributed by atoms with Gasteiger partial charge in [-0.2, -0.15) is 5.10 Å². The monoisotopic (exact) mass is 345 g/mol. The molecule has 2 heterocycles. The number of hydrogen-bond acceptors (Lipinski definition) is 4.